The SMILES string of the molecule is C=C(C)CCC1(C)C(CC)CCC2(C)C1CCC1C(CC(C)(C)C)C(C)(C)CCC12C.CC.CC. The number of fused-ring (bicyclic) bond motifs is 3. The van der Waals surface area contributed by atoms with Crippen LogP contribution in [0, 0.1) is 50.7 Å². The Hall–Kier alpha value is -0.260. The van der Waals surface area contributed by atoms with Gasteiger partial charge >= 0.3 is 0 Å². The van der Waals surface area contributed by atoms with Gasteiger partial charge in [-0.15, -0.1) is 6.58 Å². The summed E-state index contributed by atoms with van der Waals surface area (Å²) in [5, 5.41) is 0. The number of hydrogen-bond acceptors (Lipinski definition) is 0. The fourth-order valence-electron chi connectivity index (χ4n) is 9.45. The molecule has 0 heterocycles. The Bertz CT molecular complexity index is 662. The summed E-state index contributed by atoms with van der Waals surface area (Å²) in [6.45, 7) is 37.8. The average molecular weight is 489 g/mol. The van der Waals surface area contributed by atoms with Crippen LogP contribution in [0.15, 0.2) is 12.2 Å². The third kappa shape index (κ3) is 6.25. The van der Waals surface area contributed by atoms with Crippen LogP contribution < -0.4 is 0 Å². The average Bonchev–Trinajstić information content (AvgIpc) is 2.78. The number of allylic oxidation sites excluding steroid dienone is 1. The van der Waals surface area contributed by atoms with Gasteiger partial charge in [-0.25, -0.2) is 0 Å². The van der Waals surface area contributed by atoms with E-state index in [1.807, 2.05) is 27.7 Å². The van der Waals surface area contributed by atoms with Gasteiger partial charge in [-0.3, -0.25) is 0 Å². The largest absolute Gasteiger partial charge is 0.100 e. The molecule has 0 aliphatic heterocycles. The molecule has 3 aliphatic rings. The Kier molecular flexibility index (Phi) is 11.3. The van der Waals surface area contributed by atoms with Gasteiger partial charge in [0.15, 0.2) is 0 Å². The molecule has 0 aromatic heterocycles. The van der Waals surface area contributed by atoms with Crippen molar-refractivity contribution in [2.75, 3.05) is 0 Å². The summed E-state index contributed by atoms with van der Waals surface area (Å²) in [5.74, 6) is 3.56. The molecule has 35 heavy (non-hydrogen) atoms. The van der Waals surface area contributed by atoms with Crippen molar-refractivity contribution in [2.24, 2.45) is 50.7 Å². The van der Waals surface area contributed by atoms with Crippen LogP contribution in [-0.4, -0.2) is 0 Å². The van der Waals surface area contributed by atoms with Crippen molar-refractivity contribution in [1.82, 2.24) is 0 Å². The summed E-state index contributed by atoms with van der Waals surface area (Å²) >= 11 is 0. The first-order chi connectivity index (χ1) is 16.1. The molecule has 0 saturated heterocycles. The maximum atomic E-state index is 4.28. The van der Waals surface area contributed by atoms with E-state index in [1.165, 1.54) is 69.8 Å². The van der Waals surface area contributed by atoms with Gasteiger partial charge in [-0.1, -0.05) is 102 Å². The highest BCUT2D eigenvalue weighted by molar-refractivity contribution is 5.15. The van der Waals surface area contributed by atoms with Crippen LogP contribution in [0.5, 0.6) is 0 Å². The van der Waals surface area contributed by atoms with Crippen molar-refractivity contribution in [3.8, 4) is 0 Å². The van der Waals surface area contributed by atoms with Gasteiger partial charge in [0.05, 0.1) is 0 Å². The highest BCUT2D eigenvalue weighted by atomic mass is 14.7. The van der Waals surface area contributed by atoms with Crippen molar-refractivity contribution < 1.29 is 0 Å². The lowest BCUT2D eigenvalue weighted by Crippen LogP contribution is -2.63. The predicted molar refractivity (Wildman–Crippen MR) is 161 cm³/mol. The van der Waals surface area contributed by atoms with Gasteiger partial charge in [0, 0.05) is 0 Å². The molecule has 3 aliphatic carbocycles. The Labute approximate surface area is 223 Å². The lowest BCUT2D eigenvalue weighted by atomic mass is 9.34. The maximum absolute atomic E-state index is 4.28. The van der Waals surface area contributed by atoms with Gasteiger partial charge < -0.3 is 0 Å². The standard InChI is InChI=1S/C31H56.2C2H6/c1-12-23-16-18-31(11)26(29(23,9)17-15-22(2)3)14-13-24-25(21-27(4,5)6)28(7,8)19-20-30(24,31)10;2*1-2/h23-26H,2,12-21H2,1,3-11H3;2*1-2H3. The van der Waals surface area contributed by atoms with E-state index in [0.717, 1.165) is 23.7 Å². The van der Waals surface area contributed by atoms with E-state index in [0.29, 0.717) is 27.1 Å². The van der Waals surface area contributed by atoms with Gasteiger partial charge in [0.2, 0.25) is 0 Å². The van der Waals surface area contributed by atoms with Crippen LogP contribution in [-0.2, 0) is 0 Å². The van der Waals surface area contributed by atoms with Crippen LogP contribution in [0.4, 0.5) is 0 Å². The van der Waals surface area contributed by atoms with E-state index in [-0.39, 0.29) is 0 Å². The van der Waals surface area contributed by atoms with E-state index in [1.54, 1.807) is 0 Å². The van der Waals surface area contributed by atoms with Crippen LogP contribution >= 0.6 is 0 Å². The zero-order valence-corrected chi connectivity index (χ0v) is 27.1. The van der Waals surface area contributed by atoms with Crippen LogP contribution in [0.25, 0.3) is 0 Å². The first-order valence-electron chi connectivity index (χ1n) is 15.7. The molecule has 0 aromatic rings. The Morgan fingerprint density at radius 2 is 1.40 bits per heavy atom. The fraction of sp³-hybridized carbons (Fsp3) is 0.943. The lowest BCUT2D eigenvalue weighted by molar-refractivity contribution is -0.219. The highest BCUT2D eigenvalue weighted by Gasteiger charge is 2.66. The highest BCUT2D eigenvalue weighted by Crippen LogP contribution is 2.74. The van der Waals surface area contributed by atoms with Crippen molar-refractivity contribution in [2.45, 2.75) is 161 Å². The first-order valence-corrected chi connectivity index (χ1v) is 15.7. The smallest absolute Gasteiger partial charge is 0.0235 e. The monoisotopic (exact) mass is 489 g/mol. The van der Waals surface area contributed by atoms with E-state index >= 15 is 0 Å². The molecule has 0 heteroatoms. The number of rotatable bonds is 5. The van der Waals surface area contributed by atoms with E-state index < -0.39 is 0 Å². The lowest BCUT2D eigenvalue weighted by Gasteiger charge is -2.71. The second-order valence-electron chi connectivity index (χ2n) is 15.0. The summed E-state index contributed by atoms with van der Waals surface area (Å²) in [5.41, 5.74) is 3.79. The van der Waals surface area contributed by atoms with Crippen LogP contribution in [0.1, 0.15) is 161 Å². The molecule has 0 aromatic carbocycles. The molecule has 7 unspecified atom stereocenters. The Morgan fingerprint density at radius 1 is 0.829 bits per heavy atom. The summed E-state index contributed by atoms with van der Waals surface area (Å²) in [6.07, 6.45) is 14.1. The second kappa shape index (κ2) is 12.1. The van der Waals surface area contributed by atoms with Crippen molar-refractivity contribution in [3.05, 3.63) is 12.2 Å². The van der Waals surface area contributed by atoms with Crippen molar-refractivity contribution in [1.29, 1.82) is 0 Å². The minimum atomic E-state index is 0.424. The molecule has 3 saturated carbocycles. The zero-order valence-electron chi connectivity index (χ0n) is 27.1. The topological polar surface area (TPSA) is 0 Å². The van der Waals surface area contributed by atoms with E-state index in [4.69, 9.17) is 0 Å². The fourth-order valence-corrected chi connectivity index (χ4v) is 9.45. The van der Waals surface area contributed by atoms with Gasteiger partial charge in [0.25, 0.3) is 0 Å². The second-order valence-corrected chi connectivity index (χ2v) is 15.0. The Balaban J connectivity index is 0.00000145. The number of hydrogen-bond donors (Lipinski definition) is 0. The molecule has 0 amide bonds. The molecule has 3 rings (SSSR count). The molecule has 0 bridgehead atoms. The van der Waals surface area contributed by atoms with Crippen LogP contribution in [0.3, 0.4) is 0 Å². The minimum Gasteiger partial charge on any atom is -0.100 e. The molecular weight excluding hydrogens is 420 g/mol. The third-order valence-electron chi connectivity index (χ3n) is 11.6. The zero-order chi connectivity index (χ0) is 27.5. The molecule has 0 nitrogen and oxygen atoms in total. The minimum absolute atomic E-state index is 0.424. The van der Waals surface area contributed by atoms with E-state index in [9.17, 15) is 0 Å². The molecule has 3 fully saturated rings. The summed E-state index contributed by atoms with van der Waals surface area (Å²) in [4.78, 5) is 0. The normalized spacial score (nSPS) is 40.2. The third-order valence-corrected chi connectivity index (χ3v) is 11.6. The Morgan fingerprint density at radius 3 is 1.89 bits per heavy atom. The maximum Gasteiger partial charge on any atom is -0.0235 e. The summed E-state index contributed by atoms with van der Waals surface area (Å²) < 4.78 is 0. The molecule has 0 radical (unpaired) electrons. The summed E-state index contributed by atoms with van der Waals surface area (Å²) in [7, 11) is 0. The van der Waals surface area contributed by atoms with Crippen molar-refractivity contribution in [3.63, 3.8) is 0 Å². The van der Waals surface area contributed by atoms with E-state index in [2.05, 4.69) is 75.8 Å². The summed E-state index contributed by atoms with van der Waals surface area (Å²) in [6, 6.07) is 0. The predicted octanol–water partition coefficient (Wildman–Crippen LogP) is 12.1. The van der Waals surface area contributed by atoms with Gasteiger partial charge in [0.1, 0.15) is 0 Å². The van der Waals surface area contributed by atoms with Crippen molar-refractivity contribution >= 4 is 0 Å². The quantitative estimate of drug-likeness (QED) is 0.337. The molecular formula is C35H68. The molecule has 7 atom stereocenters. The van der Waals surface area contributed by atoms with Gasteiger partial charge in [-0.2, -0.15) is 0 Å². The van der Waals surface area contributed by atoms with Crippen LogP contribution in [0.2, 0.25) is 0 Å². The molecule has 0 spiro atoms. The first kappa shape index (κ1) is 32.8. The molecule has 208 valence electrons. The van der Waals surface area contributed by atoms with Gasteiger partial charge in [-0.05, 0) is 115 Å². The molecule has 0 N–H and O–H groups in total.